The zero-order valence-electron chi connectivity index (χ0n) is 10.8. The van der Waals surface area contributed by atoms with Gasteiger partial charge in [-0.1, -0.05) is 18.2 Å². The lowest BCUT2D eigenvalue weighted by Crippen LogP contribution is -2.49. The summed E-state index contributed by atoms with van der Waals surface area (Å²) < 4.78 is 0. The van der Waals surface area contributed by atoms with E-state index < -0.39 is 6.10 Å². The quantitative estimate of drug-likeness (QED) is 0.871. The predicted octanol–water partition coefficient (Wildman–Crippen LogP) is 1.01. The molecule has 6 heteroatoms. The first kappa shape index (κ1) is 18.5. The number of benzene rings is 1. The third kappa shape index (κ3) is 5.55. The van der Waals surface area contributed by atoms with Crippen molar-refractivity contribution in [2.75, 3.05) is 44.2 Å². The summed E-state index contributed by atoms with van der Waals surface area (Å²) in [5.74, 6) is 0. The molecular formula is C13H22Cl2N2O2. The Balaban J connectivity index is 0.00000162. The van der Waals surface area contributed by atoms with Crippen molar-refractivity contribution in [3.05, 3.63) is 30.3 Å². The molecule has 0 bridgehead atoms. The monoisotopic (exact) mass is 308 g/mol. The molecule has 1 aliphatic rings. The maximum absolute atomic E-state index is 9.39. The second-order valence-electron chi connectivity index (χ2n) is 4.46. The number of hydrogen-bond donors (Lipinski definition) is 2. The minimum Gasteiger partial charge on any atom is -0.394 e. The van der Waals surface area contributed by atoms with Crippen molar-refractivity contribution < 1.29 is 10.2 Å². The van der Waals surface area contributed by atoms with Crippen molar-refractivity contribution in [1.29, 1.82) is 0 Å². The van der Waals surface area contributed by atoms with Gasteiger partial charge in [0, 0.05) is 38.4 Å². The number of β-amino-alcohol motifs (C(OH)–C–C–N with tert-alkyl or cyclic N) is 1. The maximum atomic E-state index is 9.39. The molecule has 2 rings (SSSR count). The van der Waals surface area contributed by atoms with Gasteiger partial charge in [-0.2, -0.15) is 0 Å². The van der Waals surface area contributed by atoms with Crippen LogP contribution in [-0.4, -0.2) is 60.5 Å². The van der Waals surface area contributed by atoms with Gasteiger partial charge in [0.15, 0.2) is 0 Å². The molecule has 1 aromatic carbocycles. The van der Waals surface area contributed by atoms with Gasteiger partial charge < -0.3 is 15.1 Å². The fourth-order valence-electron chi connectivity index (χ4n) is 2.18. The van der Waals surface area contributed by atoms with Crippen LogP contribution in [0.15, 0.2) is 30.3 Å². The molecule has 2 N–H and O–H groups in total. The van der Waals surface area contributed by atoms with E-state index in [1.165, 1.54) is 5.69 Å². The van der Waals surface area contributed by atoms with Gasteiger partial charge in [0.2, 0.25) is 0 Å². The van der Waals surface area contributed by atoms with Crippen LogP contribution in [0, 0.1) is 0 Å². The van der Waals surface area contributed by atoms with Gasteiger partial charge in [-0.25, -0.2) is 0 Å². The van der Waals surface area contributed by atoms with Crippen LogP contribution < -0.4 is 4.90 Å². The van der Waals surface area contributed by atoms with Crippen molar-refractivity contribution in [3.63, 3.8) is 0 Å². The van der Waals surface area contributed by atoms with Crippen LogP contribution in [0.2, 0.25) is 0 Å². The molecule has 0 radical (unpaired) electrons. The molecule has 1 aromatic rings. The molecule has 0 saturated carbocycles. The summed E-state index contributed by atoms with van der Waals surface area (Å²) in [6.07, 6.45) is -0.613. The average molecular weight is 309 g/mol. The Morgan fingerprint density at radius 1 is 1.00 bits per heavy atom. The largest absolute Gasteiger partial charge is 0.394 e. The second-order valence-corrected chi connectivity index (χ2v) is 4.46. The van der Waals surface area contributed by atoms with E-state index in [1.54, 1.807) is 0 Å². The number of halogens is 2. The van der Waals surface area contributed by atoms with Gasteiger partial charge in [-0.3, -0.25) is 4.90 Å². The number of aliphatic hydroxyl groups is 2. The van der Waals surface area contributed by atoms with Crippen LogP contribution in [0.3, 0.4) is 0 Å². The van der Waals surface area contributed by atoms with Crippen LogP contribution in [0.4, 0.5) is 5.69 Å². The van der Waals surface area contributed by atoms with Gasteiger partial charge in [-0.05, 0) is 12.1 Å². The lowest BCUT2D eigenvalue weighted by atomic mass is 10.2. The van der Waals surface area contributed by atoms with Gasteiger partial charge in [-0.15, -0.1) is 24.8 Å². The number of anilines is 1. The smallest absolute Gasteiger partial charge is 0.0897 e. The van der Waals surface area contributed by atoms with Gasteiger partial charge in [0.25, 0.3) is 0 Å². The van der Waals surface area contributed by atoms with E-state index in [0.29, 0.717) is 6.54 Å². The minimum absolute atomic E-state index is 0. The molecule has 0 amide bonds. The first-order valence-electron chi connectivity index (χ1n) is 6.11. The minimum atomic E-state index is -0.613. The fraction of sp³-hybridized carbons (Fsp3) is 0.538. The number of rotatable bonds is 4. The first-order chi connectivity index (χ1) is 8.29. The number of hydrogen-bond acceptors (Lipinski definition) is 4. The Morgan fingerprint density at radius 3 is 2.11 bits per heavy atom. The van der Waals surface area contributed by atoms with Crippen molar-refractivity contribution in [2.45, 2.75) is 6.10 Å². The Bertz CT molecular complexity index is 333. The number of aliphatic hydroxyl groups excluding tert-OH is 2. The third-order valence-corrected chi connectivity index (χ3v) is 3.17. The summed E-state index contributed by atoms with van der Waals surface area (Å²) in [7, 11) is 0. The van der Waals surface area contributed by atoms with Crippen molar-refractivity contribution >= 4 is 30.5 Å². The van der Waals surface area contributed by atoms with Crippen molar-refractivity contribution in [3.8, 4) is 0 Å². The van der Waals surface area contributed by atoms with E-state index in [0.717, 1.165) is 26.2 Å². The molecule has 0 spiro atoms. The van der Waals surface area contributed by atoms with Gasteiger partial charge in [0.05, 0.1) is 12.7 Å². The molecule has 0 aromatic heterocycles. The SMILES string of the molecule is Cl.Cl.OC[C@@H](O)CN1CCN(c2ccccc2)CC1. The molecule has 0 unspecified atom stereocenters. The average Bonchev–Trinajstić information content (AvgIpc) is 2.40. The fourth-order valence-corrected chi connectivity index (χ4v) is 2.18. The molecule has 1 aliphatic heterocycles. The Kier molecular flexibility index (Phi) is 9.14. The van der Waals surface area contributed by atoms with E-state index in [2.05, 4.69) is 34.1 Å². The summed E-state index contributed by atoms with van der Waals surface area (Å²) in [6.45, 7) is 4.24. The van der Waals surface area contributed by atoms with E-state index in [1.807, 2.05) is 6.07 Å². The van der Waals surface area contributed by atoms with E-state index >= 15 is 0 Å². The first-order valence-corrected chi connectivity index (χ1v) is 6.11. The van der Waals surface area contributed by atoms with Crippen molar-refractivity contribution in [2.24, 2.45) is 0 Å². The van der Waals surface area contributed by atoms with Crippen LogP contribution in [0.5, 0.6) is 0 Å². The highest BCUT2D eigenvalue weighted by Gasteiger charge is 2.18. The zero-order chi connectivity index (χ0) is 12.1. The van der Waals surface area contributed by atoms with Crippen LogP contribution in [-0.2, 0) is 0 Å². The summed E-state index contributed by atoms with van der Waals surface area (Å²) in [5, 5.41) is 18.2. The van der Waals surface area contributed by atoms with E-state index in [9.17, 15) is 5.11 Å². The number of piperazine rings is 1. The number of para-hydroxylation sites is 1. The number of nitrogens with zero attached hydrogens (tertiary/aromatic N) is 2. The summed E-state index contributed by atoms with van der Waals surface area (Å²) >= 11 is 0. The van der Waals surface area contributed by atoms with Crippen molar-refractivity contribution in [1.82, 2.24) is 4.90 Å². The summed E-state index contributed by atoms with van der Waals surface area (Å²) in [4.78, 5) is 4.54. The molecule has 1 saturated heterocycles. The molecular weight excluding hydrogens is 287 g/mol. The lowest BCUT2D eigenvalue weighted by molar-refractivity contribution is 0.0575. The normalized spacial score (nSPS) is 17.3. The third-order valence-electron chi connectivity index (χ3n) is 3.17. The Morgan fingerprint density at radius 2 is 1.58 bits per heavy atom. The highest BCUT2D eigenvalue weighted by Crippen LogP contribution is 2.15. The highest BCUT2D eigenvalue weighted by atomic mass is 35.5. The van der Waals surface area contributed by atoms with Gasteiger partial charge in [0.1, 0.15) is 0 Å². The van der Waals surface area contributed by atoms with Gasteiger partial charge >= 0.3 is 0 Å². The summed E-state index contributed by atoms with van der Waals surface area (Å²) in [5.41, 5.74) is 1.26. The Labute approximate surface area is 126 Å². The van der Waals surface area contributed by atoms with Crippen LogP contribution in [0.25, 0.3) is 0 Å². The predicted molar refractivity (Wildman–Crippen MR) is 82.7 cm³/mol. The lowest BCUT2D eigenvalue weighted by Gasteiger charge is -2.36. The molecule has 110 valence electrons. The maximum Gasteiger partial charge on any atom is 0.0897 e. The molecule has 0 aliphatic carbocycles. The standard InChI is InChI=1S/C13H20N2O2.2ClH/c16-11-13(17)10-14-6-8-15(9-7-14)12-4-2-1-3-5-12;;/h1-5,13,16-17H,6-11H2;2*1H/t13-;;/m0../s1. The molecule has 4 nitrogen and oxygen atoms in total. The molecule has 19 heavy (non-hydrogen) atoms. The zero-order valence-corrected chi connectivity index (χ0v) is 12.4. The van der Waals surface area contributed by atoms with E-state index in [-0.39, 0.29) is 31.4 Å². The van der Waals surface area contributed by atoms with E-state index in [4.69, 9.17) is 5.11 Å². The molecule has 1 heterocycles. The molecule has 1 atom stereocenters. The summed E-state index contributed by atoms with van der Waals surface area (Å²) in [6, 6.07) is 10.4. The molecule has 1 fully saturated rings. The highest BCUT2D eigenvalue weighted by molar-refractivity contribution is 5.85. The van der Waals surface area contributed by atoms with Crippen LogP contribution >= 0.6 is 24.8 Å². The second kappa shape index (κ2) is 9.39. The topological polar surface area (TPSA) is 46.9 Å². The Hall–Kier alpha value is -0.520. The van der Waals surface area contributed by atoms with Crippen LogP contribution in [0.1, 0.15) is 0 Å².